The fourth-order valence-electron chi connectivity index (χ4n) is 4.95. The first-order valence-corrected chi connectivity index (χ1v) is 12.3. The molecule has 3 aromatic rings. The number of quaternary nitrogens is 1. The van der Waals surface area contributed by atoms with Crippen molar-refractivity contribution in [2.75, 3.05) is 0 Å². The summed E-state index contributed by atoms with van der Waals surface area (Å²) in [5, 5.41) is 3.56. The van der Waals surface area contributed by atoms with Gasteiger partial charge in [0.05, 0.1) is 12.2 Å². The Kier molecular flexibility index (Phi) is 7.32. The molecule has 0 radical (unpaired) electrons. The van der Waals surface area contributed by atoms with Gasteiger partial charge in [-0.25, -0.2) is 0 Å². The Bertz CT molecular complexity index is 1170. The number of allylic oxidation sites excluding steroid dienone is 1. The maximum absolute atomic E-state index is 3.73. The van der Waals surface area contributed by atoms with E-state index in [-0.39, 0.29) is 22.4 Å². The predicted molar refractivity (Wildman–Crippen MR) is 137 cm³/mol. The minimum absolute atomic E-state index is 0. The number of benzene rings is 3. The van der Waals surface area contributed by atoms with E-state index in [1.165, 1.54) is 62.6 Å². The van der Waals surface area contributed by atoms with Crippen molar-refractivity contribution in [1.29, 1.82) is 0 Å². The number of hydrogen-bond donors (Lipinski definition) is 2. The molecule has 3 nitrogen and oxygen atoms in total. The smallest absolute Gasteiger partial charge is 0.157 e. The van der Waals surface area contributed by atoms with Gasteiger partial charge in [0.2, 0.25) is 0 Å². The number of nitrogens with one attached hydrogen (secondary N) is 2. The lowest BCUT2D eigenvalue weighted by atomic mass is 9.87. The van der Waals surface area contributed by atoms with Crippen molar-refractivity contribution in [3.63, 3.8) is 0 Å². The van der Waals surface area contributed by atoms with Crippen molar-refractivity contribution in [2.24, 2.45) is 0 Å². The van der Waals surface area contributed by atoms with Gasteiger partial charge < -0.3 is 17.0 Å². The molecule has 0 saturated carbocycles. The number of hydrazine groups is 1. The van der Waals surface area contributed by atoms with Gasteiger partial charge in [-0.3, -0.25) is 5.01 Å². The summed E-state index contributed by atoms with van der Waals surface area (Å²) in [7, 11) is 0. The van der Waals surface area contributed by atoms with Crippen LogP contribution in [0.2, 0.25) is 0 Å². The molecule has 0 amide bonds. The highest BCUT2D eigenvalue weighted by molar-refractivity contribution is 5.77. The zero-order valence-electron chi connectivity index (χ0n) is 20.8. The monoisotopic (exact) mass is 517 g/mol. The number of fused-ring (bicyclic) bond motifs is 3. The average molecular weight is 519 g/mol. The van der Waals surface area contributed by atoms with E-state index in [0.717, 1.165) is 19.4 Å². The Hall–Kier alpha value is -2.40. The lowest BCUT2D eigenvalue weighted by Gasteiger charge is -2.23. The fourth-order valence-corrected chi connectivity index (χ4v) is 4.95. The minimum Gasteiger partial charge on any atom is -1.00 e. The van der Waals surface area contributed by atoms with E-state index >= 15 is 0 Å². The Balaban J connectivity index is 0.00000274. The molecule has 0 fully saturated rings. The molecule has 1 heterocycles. The van der Waals surface area contributed by atoms with E-state index in [1.54, 1.807) is 0 Å². The fraction of sp³-hybridized carbons (Fsp3) is 0.333. The van der Waals surface area contributed by atoms with Gasteiger partial charge in [0, 0.05) is 12.1 Å². The van der Waals surface area contributed by atoms with Crippen molar-refractivity contribution in [1.82, 2.24) is 10.5 Å². The van der Waals surface area contributed by atoms with Crippen LogP contribution in [0.5, 0.6) is 0 Å². The maximum Gasteiger partial charge on any atom is 0.157 e. The van der Waals surface area contributed by atoms with Crippen LogP contribution in [0.1, 0.15) is 69.2 Å². The van der Waals surface area contributed by atoms with E-state index in [4.69, 9.17) is 0 Å². The highest BCUT2D eigenvalue weighted by atomic mass is 79.9. The lowest BCUT2D eigenvalue weighted by molar-refractivity contribution is -0.835. The molecule has 3 aromatic carbocycles. The molecule has 0 aromatic heterocycles. The first-order valence-electron chi connectivity index (χ1n) is 12.3. The zero-order chi connectivity index (χ0) is 23.0. The summed E-state index contributed by atoms with van der Waals surface area (Å²) in [5.41, 5.74) is 14.9. The summed E-state index contributed by atoms with van der Waals surface area (Å²) in [6.45, 7) is 9.95. The molecule has 1 aliphatic carbocycles. The van der Waals surface area contributed by atoms with Crippen LogP contribution in [0.15, 0.2) is 78.6 Å². The third-order valence-electron chi connectivity index (χ3n) is 6.96. The molecule has 0 saturated heterocycles. The predicted octanol–water partition coefficient (Wildman–Crippen LogP) is 3.04. The van der Waals surface area contributed by atoms with Crippen LogP contribution in [-0.4, -0.2) is 5.01 Å². The van der Waals surface area contributed by atoms with Crippen LogP contribution >= 0.6 is 0 Å². The molecule has 34 heavy (non-hydrogen) atoms. The van der Waals surface area contributed by atoms with Gasteiger partial charge in [0.25, 0.3) is 0 Å². The molecule has 2 aliphatic rings. The number of halogens is 1. The molecule has 1 unspecified atom stereocenters. The van der Waals surface area contributed by atoms with Gasteiger partial charge in [0.1, 0.15) is 6.20 Å². The summed E-state index contributed by atoms with van der Waals surface area (Å²) < 4.78 is 0. The SMILES string of the molecule is CCCCC1=C[NH+](c2ccc3c(c2)Cc2ccccc2-3)NN1Cc1ccc(C(C)(C)C)cc1.[Br-]. The highest BCUT2D eigenvalue weighted by Crippen LogP contribution is 2.37. The molecule has 4 heteroatoms. The first-order chi connectivity index (χ1) is 15.9. The Morgan fingerprint density at radius 3 is 2.38 bits per heavy atom. The van der Waals surface area contributed by atoms with E-state index in [1.807, 2.05) is 0 Å². The second-order valence-electron chi connectivity index (χ2n) is 10.5. The highest BCUT2D eigenvalue weighted by Gasteiger charge is 2.28. The molecular formula is C30H36BrN3. The van der Waals surface area contributed by atoms with Gasteiger partial charge in [0.15, 0.2) is 5.69 Å². The molecule has 5 rings (SSSR count). The quantitative estimate of drug-likeness (QED) is 0.409. The minimum atomic E-state index is 0. The van der Waals surface area contributed by atoms with Crippen molar-refractivity contribution in [3.8, 4) is 11.1 Å². The molecule has 1 aliphatic heterocycles. The largest absolute Gasteiger partial charge is 1.00 e. The third-order valence-corrected chi connectivity index (χ3v) is 6.96. The summed E-state index contributed by atoms with van der Waals surface area (Å²) in [4.78, 5) is 0. The van der Waals surface area contributed by atoms with E-state index < -0.39 is 0 Å². The zero-order valence-corrected chi connectivity index (χ0v) is 22.4. The van der Waals surface area contributed by atoms with Crippen molar-refractivity contribution < 1.29 is 22.0 Å². The molecule has 2 N–H and O–H groups in total. The Morgan fingerprint density at radius 2 is 1.65 bits per heavy atom. The summed E-state index contributed by atoms with van der Waals surface area (Å²) in [5.74, 6) is 0. The number of rotatable bonds is 6. The number of hydrogen-bond acceptors (Lipinski definition) is 2. The summed E-state index contributed by atoms with van der Waals surface area (Å²) in [6, 6.07) is 24.9. The third kappa shape index (κ3) is 5.00. The first kappa shape index (κ1) is 24.7. The number of unbranched alkanes of at least 4 members (excludes halogenated alkanes) is 1. The topological polar surface area (TPSA) is 19.7 Å². The number of nitrogens with zero attached hydrogens (tertiary/aromatic N) is 1. The molecule has 0 bridgehead atoms. The maximum atomic E-state index is 3.73. The second kappa shape index (κ2) is 10.1. The molecule has 1 atom stereocenters. The van der Waals surface area contributed by atoms with Crippen LogP contribution < -0.4 is 27.5 Å². The van der Waals surface area contributed by atoms with E-state index in [2.05, 4.69) is 111 Å². The molecular weight excluding hydrogens is 482 g/mol. The average Bonchev–Trinajstić information content (AvgIpc) is 3.38. The van der Waals surface area contributed by atoms with E-state index in [9.17, 15) is 0 Å². The standard InChI is InChI=1S/C30H35N3.BrH/c1-5-6-10-27-21-33(31-32(27)20-22-12-14-25(15-13-22)30(2,3)4)26-16-17-29-24(19-26)18-23-9-7-8-11-28(23)29;/h7-9,11-17,19,21,31H,5-6,10,18,20H2,1-4H3;1H. The van der Waals surface area contributed by atoms with Crippen LogP contribution in [-0.2, 0) is 18.4 Å². The lowest BCUT2D eigenvalue weighted by Crippen LogP contribution is -3.09. The van der Waals surface area contributed by atoms with Gasteiger partial charge in [-0.2, -0.15) is 5.01 Å². The van der Waals surface area contributed by atoms with E-state index in [0.29, 0.717) is 0 Å². The van der Waals surface area contributed by atoms with Gasteiger partial charge >= 0.3 is 0 Å². The molecule has 178 valence electrons. The summed E-state index contributed by atoms with van der Waals surface area (Å²) >= 11 is 0. The van der Waals surface area contributed by atoms with Gasteiger partial charge in [-0.15, -0.1) is 0 Å². The van der Waals surface area contributed by atoms with Crippen LogP contribution in [0.4, 0.5) is 5.69 Å². The molecule has 0 spiro atoms. The Labute approximate surface area is 215 Å². The van der Waals surface area contributed by atoms with Crippen molar-refractivity contribution in [2.45, 2.75) is 65.3 Å². The second-order valence-corrected chi connectivity index (χ2v) is 10.5. The van der Waals surface area contributed by atoms with Crippen LogP contribution in [0, 0.1) is 0 Å². The van der Waals surface area contributed by atoms with Gasteiger partial charge in [-0.05, 0) is 64.1 Å². The summed E-state index contributed by atoms with van der Waals surface area (Å²) in [6.07, 6.45) is 6.91. The van der Waals surface area contributed by atoms with Crippen LogP contribution in [0.25, 0.3) is 11.1 Å². The van der Waals surface area contributed by atoms with Crippen LogP contribution in [0.3, 0.4) is 0 Å². The normalized spacial score (nSPS) is 16.6. The van der Waals surface area contributed by atoms with Crippen molar-refractivity contribution in [3.05, 3.63) is 101 Å². The Morgan fingerprint density at radius 1 is 0.912 bits per heavy atom. The van der Waals surface area contributed by atoms with Gasteiger partial charge in [-0.1, -0.05) is 88.2 Å². The van der Waals surface area contributed by atoms with Crippen molar-refractivity contribution >= 4 is 5.69 Å².